The lowest BCUT2D eigenvalue weighted by Gasteiger charge is -2.01. The smallest absolute Gasteiger partial charge is 0.184 e. The monoisotopic (exact) mass is 305 g/mol. The van der Waals surface area contributed by atoms with E-state index < -0.39 is 0 Å². The van der Waals surface area contributed by atoms with Crippen LogP contribution in [0.25, 0.3) is 10.2 Å². The van der Waals surface area contributed by atoms with Crippen LogP contribution in [0.3, 0.4) is 0 Å². The minimum absolute atomic E-state index is 0.690. The van der Waals surface area contributed by atoms with Crippen LogP contribution in [0.5, 0.6) is 5.75 Å². The average Bonchev–Trinajstić information content (AvgIpc) is 2.92. The van der Waals surface area contributed by atoms with Crippen molar-refractivity contribution in [3.8, 4) is 5.75 Å². The molecule has 6 heteroatoms. The zero-order valence-corrected chi connectivity index (χ0v) is 12.3. The summed E-state index contributed by atoms with van der Waals surface area (Å²) in [5.74, 6) is 0.734. The van der Waals surface area contributed by atoms with Crippen molar-refractivity contribution in [2.24, 2.45) is 0 Å². The number of anilines is 1. The van der Waals surface area contributed by atoms with E-state index in [1.54, 1.807) is 19.5 Å². The van der Waals surface area contributed by atoms with Crippen molar-refractivity contribution < 1.29 is 4.74 Å². The second-order valence-corrected chi connectivity index (χ2v) is 5.56. The number of nitrogens with zero attached hydrogens (tertiary/aromatic N) is 2. The molecule has 0 fully saturated rings. The number of aromatic nitrogens is 2. The number of pyridine rings is 1. The highest BCUT2D eigenvalue weighted by molar-refractivity contribution is 7.22. The molecule has 0 spiro atoms. The number of thiazole rings is 1. The third-order valence-corrected chi connectivity index (χ3v) is 4.34. The van der Waals surface area contributed by atoms with Crippen molar-refractivity contribution in [1.82, 2.24) is 9.97 Å². The quantitative estimate of drug-likeness (QED) is 0.792. The van der Waals surface area contributed by atoms with Gasteiger partial charge in [0.15, 0.2) is 5.13 Å². The Bertz CT molecular complexity index is 730. The highest BCUT2D eigenvalue weighted by Crippen LogP contribution is 2.37. The Morgan fingerprint density at radius 1 is 1.25 bits per heavy atom. The maximum absolute atomic E-state index is 6.20. The molecule has 1 aromatic carbocycles. The van der Waals surface area contributed by atoms with E-state index in [9.17, 15) is 0 Å². The van der Waals surface area contributed by atoms with Crippen LogP contribution in [0, 0.1) is 0 Å². The zero-order valence-electron chi connectivity index (χ0n) is 10.8. The molecular formula is C14H12ClN3OS. The Labute approximate surface area is 125 Å². The van der Waals surface area contributed by atoms with Crippen LogP contribution >= 0.6 is 22.9 Å². The summed E-state index contributed by atoms with van der Waals surface area (Å²) in [5.41, 5.74) is 1.94. The Hall–Kier alpha value is -1.85. The number of ether oxygens (including phenoxy) is 1. The topological polar surface area (TPSA) is 47.0 Å². The molecule has 20 heavy (non-hydrogen) atoms. The molecular weight excluding hydrogens is 294 g/mol. The number of halogens is 1. The normalized spacial score (nSPS) is 10.7. The van der Waals surface area contributed by atoms with Crippen molar-refractivity contribution in [3.63, 3.8) is 0 Å². The molecule has 3 rings (SSSR count). The molecule has 2 heterocycles. The number of hydrogen-bond acceptors (Lipinski definition) is 5. The Kier molecular flexibility index (Phi) is 3.71. The molecule has 3 aromatic rings. The van der Waals surface area contributed by atoms with E-state index in [-0.39, 0.29) is 0 Å². The standard InChI is InChI=1S/C14H12ClN3OS/c1-19-11-3-2-10(15)13-12(11)18-14(20-13)17-8-9-4-6-16-7-5-9/h2-7H,8H2,1H3,(H,17,18). The van der Waals surface area contributed by atoms with Gasteiger partial charge in [-0.1, -0.05) is 22.9 Å². The highest BCUT2D eigenvalue weighted by Gasteiger charge is 2.11. The van der Waals surface area contributed by atoms with E-state index in [1.165, 1.54) is 11.3 Å². The van der Waals surface area contributed by atoms with Crippen LogP contribution in [-0.2, 0) is 6.54 Å². The van der Waals surface area contributed by atoms with Gasteiger partial charge in [-0.3, -0.25) is 4.98 Å². The predicted octanol–water partition coefficient (Wildman–Crippen LogP) is 3.97. The third kappa shape index (κ3) is 2.55. The largest absolute Gasteiger partial charge is 0.494 e. The Morgan fingerprint density at radius 2 is 2.05 bits per heavy atom. The van der Waals surface area contributed by atoms with Crippen molar-refractivity contribution in [2.45, 2.75) is 6.54 Å². The van der Waals surface area contributed by atoms with Gasteiger partial charge >= 0.3 is 0 Å². The Balaban J connectivity index is 1.88. The summed E-state index contributed by atoms with van der Waals surface area (Å²) >= 11 is 7.72. The third-order valence-electron chi connectivity index (χ3n) is 2.87. The molecule has 0 atom stereocenters. The number of benzene rings is 1. The maximum atomic E-state index is 6.20. The summed E-state index contributed by atoms with van der Waals surface area (Å²) in [6, 6.07) is 7.59. The van der Waals surface area contributed by atoms with E-state index in [0.717, 1.165) is 26.7 Å². The second kappa shape index (κ2) is 5.64. The van der Waals surface area contributed by atoms with Gasteiger partial charge in [0.1, 0.15) is 11.3 Å². The van der Waals surface area contributed by atoms with Crippen molar-refractivity contribution in [2.75, 3.05) is 12.4 Å². The van der Waals surface area contributed by atoms with Crippen LogP contribution < -0.4 is 10.1 Å². The number of methoxy groups -OCH3 is 1. The second-order valence-electron chi connectivity index (χ2n) is 4.16. The fourth-order valence-electron chi connectivity index (χ4n) is 1.87. The first-order valence-corrected chi connectivity index (χ1v) is 7.23. The minimum atomic E-state index is 0.690. The summed E-state index contributed by atoms with van der Waals surface area (Å²) < 4.78 is 6.24. The van der Waals surface area contributed by atoms with Crippen LogP contribution in [0.4, 0.5) is 5.13 Å². The van der Waals surface area contributed by atoms with E-state index in [4.69, 9.17) is 16.3 Å². The van der Waals surface area contributed by atoms with E-state index >= 15 is 0 Å². The summed E-state index contributed by atoms with van der Waals surface area (Å²) in [5, 5.41) is 4.81. The summed E-state index contributed by atoms with van der Waals surface area (Å²) in [6.07, 6.45) is 3.55. The lowest BCUT2D eigenvalue weighted by Crippen LogP contribution is -1.98. The average molecular weight is 306 g/mol. The molecule has 0 unspecified atom stereocenters. The SMILES string of the molecule is COc1ccc(Cl)c2sc(NCc3ccncc3)nc12. The maximum Gasteiger partial charge on any atom is 0.184 e. The first kappa shape index (κ1) is 13.1. The van der Waals surface area contributed by atoms with Crippen LogP contribution in [-0.4, -0.2) is 17.1 Å². The van der Waals surface area contributed by atoms with Crippen LogP contribution in [0.15, 0.2) is 36.7 Å². The van der Waals surface area contributed by atoms with Gasteiger partial charge in [-0.25, -0.2) is 4.98 Å². The van der Waals surface area contributed by atoms with Gasteiger partial charge in [0.2, 0.25) is 0 Å². The van der Waals surface area contributed by atoms with Gasteiger partial charge in [0.25, 0.3) is 0 Å². The van der Waals surface area contributed by atoms with E-state index in [1.807, 2.05) is 24.3 Å². The Morgan fingerprint density at radius 3 is 2.80 bits per heavy atom. The fraction of sp³-hybridized carbons (Fsp3) is 0.143. The molecule has 0 aliphatic carbocycles. The van der Waals surface area contributed by atoms with Crippen molar-refractivity contribution in [3.05, 3.63) is 47.2 Å². The highest BCUT2D eigenvalue weighted by atomic mass is 35.5. The lowest BCUT2D eigenvalue weighted by atomic mass is 10.3. The number of fused-ring (bicyclic) bond motifs is 1. The van der Waals surface area contributed by atoms with Crippen molar-refractivity contribution in [1.29, 1.82) is 0 Å². The van der Waals surface area contributed by atoms with Gasteiger partial charge < -0.3 is 10.1 Å². The number of rotatable bonds is 4. The molecule has 0 aliphatic heterocycles. The molecule has 102 valence electrons. The number of hydrogen-bond donors (Lipinski definition) is 1. The first-order chi connectivity index (χ1) is 9.78. The fourth-order valence-corrected chi connectivity index (χ4v) is 3.02. The van der Waals surface area contributed by atoms with Gasteiger partial charge in [-0.05, 0) is 29.8 Å². The first-order valence-electron chi connectivity index (χ1n) is 6.04. The van der Waals surface area contributed by atoms with E-state index in [2.05, 4.69) is 15.3 Å². The minimum Gasteiger partial charge on any atom is -0.494 e. The summed E-state index contributed by atoms with van der Waals surface area (Å²) in [6.45, 7) is 0.697. The van der Waals surface area contributed by atoms with Crippen LogP contribution in [0.2, 0.25) is 5.02 Å². The van der Waals surface area contributed by atoms with Crippen molar-refractivity contribution >= 4 is 38.3 Å². The van der Waals surface area contributed by atoms with Crippen LogP contribution in [0.1, 0.15) is 5.56 Å². The number of nitrogens with one attached hydrogen (secondary N) is 1. The molecule has 0 bridgehead atoms. The summed E-state index contributed by atoms with van der Waals surface area (Å²) in [7, 11) is 1.63. The molecule has 0 saturated heterocycles. The zero-order chi connectivity index (χ0) is 13.9. The van der Waals surface area contributed by atoms with Gasteiger partial charge in [-0.15, -0.1) is 0 Å². The molecule has 2 aromatic heterocycles. The molecule has 1 N–H and O–H groups in total. The molecule has 0 amide bonds. The lowest BCUT2D eigenvalue weighted by molar-refractivity contribution is 0.419. The predicted molar refractivity (Wildman–Crippen MR) is 82.7 cm³/mol. The van der Waals surface area contributed by atoms with Gasteiger partial charge in [0, 0.05) is 18.9 Å². The summed E-state index contributed by atoms with van der Waals surface area (Å²) in [4.78, 5) is 8.54. The molecule has 0 saturated carbocycles. The van der Waals surface area contributed by atoms with Gasteiger partial charge in [0.05, 0.1) is 16.8 Å². The molecule has 0 radical (unpaired) electrons. The molecule has 4 nitrogen and oxygen atoms in total. The van der Waals surface area contributed by atoms with Gasteiger partial charge in [-0.2, -0.15) is 0 Å². The van der Waals surface area contributed by atoms with E-state index in [0.29, 0.717) is 11.6 Å². The molecule has 0 aliphatic rings.